The Morgan fingerprint density at radius 3 is 2.94 bits per heavy atom. The molecule has 1 rings (SSSR count). The number of hydrogen-bond acceptors (Lipinski definition) is 4. The van der Waals surface area contributed by atoms with Gasteiger partial charge in [0.25, 0.3) is 0 Å². The fraction of sp³-hybridized carbons (Fsp3) is 0.545. The van der Waals surface area contributed by atoms with Crippen molar-refractivity contribution >= 4 is 5.91 Å². The lowest BCUT2D eigenvalue weighted by Gasteiger charge is -2.09. The van der Waals surface area contributed by atoms with Crippen LogP contribution in [0.2, 0.25) is 0 Å². The third-order valence-electron chi connectivity index (χ3n) is 2.18. The fourth-order valence-electron chi connectivity index (χ4n) is 1.23. The van der Waals surface area contributed by atoms with Gasteiger partial charge in [-0.15, -0.1) is 0 Å². The van der Waals surface area contributed by atoms with Gasteiger partial charge in [0.1, 0.15) is 0 Å². The third kappa shape index (κ3) is 4.84. The minimum atomic E-state index is 0.168. The first-order chi connectivity index (χ1) is 7.70. The molecule has 0 aliphatic heterocycles. The van der Waals surface area contributed by atoms with E-state index in [1.54, 1.807) is 25.2 Å². The van der Waals surface area contributed by atoms with Crippen molar-refractivity contribution in [1.29, 1.82) is 0 Å². The summed E-state index contributed by atoms with van der Waals surface area (Å²) in [6.07, 6.45) is 3.08. The Bertz CT molecular complexity index is 313. The Balaban J connectivity index is 2.07. The average Bonchev–Trinajstić information content (AvgIpc) is 2.29. The molecule has 88 valence electrons. The zero-order chi connectivity index (χ0) is 11.8. The van der Waals surface area contributed by atoms with E-state index in [0.29, 0.717) is 13.0 Å². The Hall–Kier alpha value is -1.49. The number of nitrogens with zero attached hydrogens (tertiary/aromatic N) is 3. The van der Waals surface area contributed by atoms with E-state index in [4.69, 9.17) is 0 Å². The molecule has 0 radical (unpaired) electrons. The lowest BCUT2D eigenvalue weighted by molar-refractivity contribution is -0.128. The van der Waals surface area contributed by atoms with Gasteiger partial charge in [-0.1, -0.05) is 0 Å². The summed E-state index contributed by atoms with van der Waals surface area (Å²) < 4.78 is 0. The summed E-state index contributed by atoms with van der Waals surface area (Å²) in [6.45, 7) is 1.51. The lowest BCUT2D eigenvalue weighted by Crippen LogP contribution is -2.23. The summed E-state index contributed by atoms with van der Waals surface area (Å²) in [4.78, 5) is 12.9. The van der Waals surface area contributed by atoms with Gasteiger partial charge in [-0.2, -0.15) is 10.2 Å². The third-order valence-corrected chi connectivity index (χ3v) is 2.18. The number of rotatable bonds is 6. The highest BCUT2D eigenvalue weighted by atomic mass is 16.2. The number of aromatic nitrogens is 2. The largest absolute Gasteiger partial charge is 0.349 e. The van der Waals surface area contributed by atoms with E-state index < -0.39 is 0 Å². The predicted octanol–water partition coefficient (Wildman–Crippen LogP) is 0.435. The van der Waals surface area contributed by atoms with Crippen molar-refractivity contribution in [2.75, 3.05) is 20.6 Å². The van der Waals surface area contributed by atoms with Crippen molar-refractivity contribution in [2.45, 2.75) is 19.4 Å². The molecule has 0 fully saturated rings. The molecule has 0 saturated carbocycles. The summed E-state index contributed by atoms with van der Waals surface area (Å²) in [6, 6.07) is 3.78. The quantitative estimate of drug-likeness (QED) is 0.709. The molecule has 0 saturated heterocycles. The molecule has 0 bridgehead atoms. The first kappa shape index (κ1) is 12.6. The maximum atomic E-state index is 11.3. The van der Waals surface area contributed by atoms with Gasteiger partial charge in [0.05, 0.1) is 5.69 Å². The normalized spacial score (nSPS) is 10.1. The maximum absolute atomic E-state index is 11.3. The number of nitrogens with one attached hydrogen (secondary N) is 1. The van der Waals surface area contributed by atoms with E-state index in [9.17, 15) is 4.79 Å². The SMILES string of the molecule is CN(C)C(=O)CCCNCc1cccnn1. The predicted molar refractivity (Wildman–Crippen MR) is 61.7 cm³/mol. The molecule has 0 unspecified atom stereocenters. The van der Waals surface area contributed by atoms with Crippen molar-refractivity contribution in [2.24, 2.45) is 0 Å². The standard InChI is InChI=1S/C11H18N4O/c1-15(2)11(16)6-4-7-12-9-10-5-3-8-13-14-10/h3,5,8,12H,4,6-7,9H2,1-2H3. The van der Waals surface area contributed by atoms with Gasteiger partial charge < -0.3 is 10.2 Å². The molecule has 0 aliphatic rings. The van der Waals surface area contributed by atoms with Crippen LogP contribution in [0, 0.1) is 0 Å². The lowest BCUT2D eigenvalue weighted by atomic mass is 10.3. The molecule has 1 N–H and O–H groups in total. The van der Waals surface area contributed by atoms with E-state index in [1.165, 1.54) is 0 Å². The minimum absolute atomic E-state index is 0.168. The van der Waals surface area contributed by atoms with Crippen LogP contribution in [-0.4, -0.2) is 41.6 Å². The van der Waals surface area contributed by atoms with Crippen LogP contribution >= 0.6 is 0 Å². The molecule has 1 amide bonds. The molecule has 16 heavy (non-hydrogen) atoms. The minimum Gasteiger partial charge on any atom is -0.349 e. The van der Waals surface area contributed by atoms with Crippen LogP contribution in [0.3, 0.4) is 0 Å². The van der Waals surface area contributed by atoms with Crippen molar-refractivity contribution in [3.63, 3.8) is 0 Å². The molecule has 0 spiro atoms. The second-order valence-corrected chi connectivity index (χ2v) is 3.78. The molecule has 0 aliphatic carbocycles. The Morgan fingerprint density at radius 1 is 1.50 bits per heavy atom. The molecule has 5 heteroatoms. The first-order valence-electron chi connectivity index (χ1n) is 5.37. The number of carbonyl (C=O) groups excluding carboxylic acids is 1. The zero-order valence-electron chi connectivity index (χ0n) is 9.81. The molecular weight excluding hydrogens is 204 g/mol. The van der Waals surface area contributed by atoms with E-state index in [0.717, 1.165) is 18.7 Å². The molecule has 0 aromatic carbocycles. The van der Waals surface area contributed by atoms with E-state index in [2.05, 4.69) is 15.5 Å². The second-order valence-electron chi connectivity index (χ2n) is 3.78. The van der Waals surface area contributed by atoms with Crippen molar-refractivity contribution in [3.05, 3.63) is 24.0 Å². The highest BCUT2D eigenvalue weighted by molar-refractivity contribution is 5.75. The highest BCUT2D eigenvalue weighted by Crippen LogP contribution is 1.93. The number of hydrogen-bond donors (Lipinski definition) is 1. The van der Waals surface area contributed by atoms with Crippen LogP contribution in [-0.2, 0) is 11.3 Å². The summed E-state index contributed by atoms with van der Waals surface area (Å²) in [5, 5.41) is 11.0. The van der Waals surface area contributed by atoms with Gasteiger partial charge in [-0.05, 0) is 25.1 Å². The first-order valence-corrected chi connectivity index (χ1v) is 5.37. The molecule has 1 aromatic rings. The average molecular weight is 222 g/mol. The highest BCUT2D eigenvalue weighted by Gasteiger charge is 2.02. The van der Waals surface area contributed by atoms with Crippen LogP contribution in [0.4, 0.5) is 0 Å². The van der Waals surface area contributed by atoms with E-state index >= 15 is 0 Å². The summed E-state index contributed by atoms with van der Waals surface area (Å²) in [5.41, 5.74) is 0.918. The zero-order valence-corrected chi connectivity index (χ0v) is 9.81. The maximum Gasteiger partial charge on any atom is 0.222 e. The molecule has 5 nitrogen and oxygen atoms in total. The fourth-order valence-corrected chi connectivity index (χ4v) is 1.23. The second kappa shape index (κ2) is 6.90. The Kier molecular flexibility index (Phi) is 5.42. The van der Waals surface area contributed by atoms with Gasteiger partial charge in [-0.3, -0.25) is 4.79 Å². The Labute approximate surface area is 95.9 Å². The smallest absolute Gasteiger partial charge is 0.222 e. The van der Waals surface area contributed by atoms with Gasteiger partial charge in [0.2, 0.25) is 5.91 Å². The van der Waals surface area contributed by atoms with Crippen molar-refractivity contribution in [3.8, 4) is 0 Å². The van der Waals surface area contributed by atoms with Crippen LogP contribution in [0.25, 0.3) is 0 Å². The molecular formula is C11H18N4O. The van der Waals surface area contributed by atoms with Gasteiger partial charge in [0, 0.05) is 33.3 Å². The van der Waals surface area contributed by atoms with Gasteiger partial charge in [0.15, 0.2) is 0 Å². The topological polar surface area (TPSA) is 58.1 Å². The van der Waals surface area contributed by atoms with E-state index in [-0.39, 0.29) is 5.91 Å². The Morgan fingerprint density at radius 2 is 2.31 bits per heavy atom. The van der Waals surface area contributed by atoms with Crippen LogP contribution < -0.4 is 5.32 Å². The monoisotopic (exact) mass is 222 g/mol. The molecule has 0 atom stereocenters. The van der Waals surface area contributed by atoms with Crippen LogP contribution in [0.1, 0.15) is 18.5 Å². The van der Waals surface area contributed by atoms with Crippen LogP contribution in [0.15, 0.2) is 18.3 Å². The van der Waals surface area contributed by atoms with Crippen LogP contribution in [0.5, 0.6) is 0 Å². The van der Waals surface area contributed by atoms with E-state index in [1.807, 2.05) is 12.1 Å². The molecule has 1 heterocycles. The van der Waals surface area contributed by atoms with Crippen molar-refractivity contribution in [1.82, 2.24) is 20.4 Å². The van der Waals surface area contributed by atoms with Crippen molar-refractivity contribution < 1.29 is 4.79 Å². The number of amides is 1. The van der Waals surface area contributed by atoms with Gasteiger partial charge in [-0.25, -0.2) is 0 Å². The molecule has 1 aromatic heterocycles. The number of carbonyl (C=O) groups is 1. The summed E-state index contributed by atoms with van der Waals surface area (Å²) in [5.74, 6) is 0.168. The summed E-state index contributed by atoms with van der Waals surface area (Å²) in [7, 11) is 3.55. The summed E-state index contributed by atoms with van der Waals surface area (Å²) >= 11 is 0. The van der Waals surface area contributed by atoms with Gasteiger partial charge >= 0.3 is 0 Å².